The summed E-state index contributed by atoms with van der Waals surface area (Å²) in [5.74, 6) is 0. The second-order valence-corrected chi connectivity index (χ2v) is 4.06. The monoisotopic (exact) mass is 204 g/mol. The molecule has 1 unspecified atom stereocenters. The maximum Gasteiger partial charge on any atom is 0.0870 e. The van der Waals surface area contributed by atoms with Gasteiger partial charge >= 0.3 is 0 Å². The van der Waals surface area contributed by atoms with Crippen molar-refractivity contribution in [2.45, 2.75) is 32.9 Å². The van der Waals surface area contributed by atoms with E-state index in [1.807, 2.05) is 6.92 Å². The van der Waals surface area contributed by atoms with Crippen LogP contribution in [0.4, 0.5) is 0 Å². The zero-order valence-corrected chi connectivity index (χ0v) is 9.73. The predicted octanol–water partition coefficient (Wildman–Crippen LogP) is 1.02. The summed E-state index contributed by atoms with van der Waals surface area (Å²) in [5, 5.41) is 0. The molecule has 0 aromatic heterocycles. The molecule has 0 heterocycles. The van der Waals surface area contributed by atoms with E-state index in [0.29, 0.717) is 17.6 Å². The van der Waals surface area contributed by atoms with Crippen LogP contribution in [0.5, 0.6) is 0 Å². The van der Waals surface area contributed by atoms with Gasteiger partial charge in [-0.05, 0) is 20.8 Å². The van der Waals surface area contributed by atoms with Crippen LogP contribution in [0.1, 0.15) is 20.8 Å². The molecule has 0 aliphatic heterocycles. The molecule has 0 bridgehead atoms. The molecular formula is C9H20N2OS. The van der Waals surface area contributed by atoms with Gasteiger partial charge in [0.25, 0.3) is 0 Å². The molecule has 0 aliphatic rings. The Morgan fingerprint density at radius 2 is 2.00 bits per heavy atom. The molecule has 0 saturated heterocycles. The van der Waals surface area contributed by atoms with E-state index in [1.165, 1.54) is 0 Å². The average Bonchev–Trinajstić information content (AvgIpc) is 2.02. The van der Waals surface area contributed by atoms with E-state index in [2.05, 4.69) is 18.7 Å². The molecule has 0 radical (unpaired) electrons. The quantitative estimate of drug-likeness (QED) is 0.656. The SMILES string of the molecule is COC(C)CN(CC(N)=S)C(C)C. The molecule has 0 aromatic carbocycles. The molecule has 0 spiro atoms. The Hall–Kier alpha value is -0.190. The van der Waals surface area contributed by atoms with Crippen molar-refractivity contribution in [3.05, 3.63) is 0 Å². The fraction of sp³-hybridized carbons (Fsp3) is 0.889. The van der Waals surface area contributed by atoms with Crippen molar-refractivity contribution in [2.24, 2.45) is 5.73 Å². The minimum absolute atomic E-state index is 0.219. The third kappa shape index (κ3) is 5.96. The molecule has 0 fully saturated rings. The standard InChI is InChI=1S/C9H20N2OS/c1-7(2)11(6-9(10)13)5-8(3)12-4/h7-8H,5-6H2,1-4H3,(H2,10,13). The zero-order valence-electron chi connectivity index (χ0n) is 8.91. The molecule has 0 aromatic rings. The molecule has 78 valence electrons. The molecule has 0 rings (SSSR count). The van der Waals surface area contributed by atoms with Gasteiger partial charge in [0.05, 0.1) is 11.1 Å². The number of thiocarbonyl (C=S) groups is 1. The molecule has 2 N–H and O–H groups in total. The summed E-state index contributed by atoms with van der Waals surface area (Å²) in [6.45, 7) is 7.82. The van der Waals surface area contributed by atoms with Crippen LogP contribution in [-0.4, -0.2) is 42.2 Å². The Morgan fingerprint density at radius 1 is 1.46 bits per heavy atom. The Morgan fingerprint density at radius 3 is 2.31 bits per heavy atom. The number of ether oxygens (including phenoxy) is 1. The highest BCUT2D eigenvalue weighted by molar-refractivity contribution is 7.80. The highest BCUT2D eigenvalue weighted by Gasteiger charge is 2.13. The fourth-order valence-electron chi connectivity index (χ4n) is 1.06. The largest absolute Gasteiger partial charge is 0.392 e. The van der Waals surface area contributed by atoms with Gasteiger partial charge in [0.1, 0.15) is 0 Å². The van der Waals surface area contributed by atoms with E-state index in [0.717, 1.165) is 6.54 Å². The first-order valence-electron chi connectivity index (χ1n) is 4.52. The van der Waals surface area contributed by atoms with Crippen molar-refractivity contribution >= 4 is 17.2 Å². The number of methoxy groups -OCH3 is 1. The van der Waals surface area contributed by atoms with E-state index < -0.39 is 0 Å². The van der Waals surface area contributed by atoms with E-state index >= 15 is 0 Å². The van der Waals surface area contributed by atoms with Gasteiger partial charge in [-0.15, -0.1) is 0 Å². The summed E-state index contributed by atoms with van der Waals surface area (Å²) in [5.41, 5.74) is 5.50. The number of nitrogens with two attached hydrogens (primary N) is 1. The number of nitrogens with zero attached hydrogens (tertiary/aromatic N) is 1. The van der Waals surface area contributed by atoms with E-state index in [1.54, 1.807) is 7.11 Å². The molecular weight excluding hydrogens is 184 g/mol. The number of hydrogen-bond donors (Lipinski definition) is 1. The number of rotatable bonds is 6. The van der Waals surface area contributed by atoms with Crippen LogP contribution in [0.15, 0.2) is 0 Å². The summed E-state index contributed by atoms with van der Waals surface area (Å²) in [6.07, 6.45) is 0.219. The first-order chi connectivity index (χ1) is 5.97. The Kier molecular flexibility index (Phi) is 6.20. The van der Waals surface area contributed by atoms with Gasteiger partial charge in [-0.25, -0.2) is 0 Å². The van der Waals surface area contributed by atoms with Gasteiger partial charge in [-0.1, -0.05) is 12.2 Å². The van der Waals surface area contributed by atoms with Crippen LogP contribution >= 0.6 is 12.2 Å². The van der Waals surface area contributed by atoms with Crippen molar-refractivity contribution in [3.8, 4) is 0 Å². The average molecular weight is 204 g/mol. The van der Waals surface area contributed by atoms with Crippen LogP contribution in [0, 0.1) is 0 Å². The maximum atomic E-state index is 5.50. The normalized spacial score (nSPS) is 13.7. The van der Waals surface area contributed by atoms with Crippen LogP contribution < -0.4 is 5.73 Å². The lowest BCUT2D eigenvalue weighted by molar-refractivity contribution is 0.0724. The molecule has 0 amide bonds. The first kappa shape index (κ1) is 12.8. The van der Waals surface area contributed by atoms with Crippen molar-refractivity contribution in [1.82, 2.24) is 4.90 Å². The fourth-order valence-corrected chi connectivity index (χ4v) is 1.23. The zero-order chi connectivity index (χ0) is 10.4. The lowest BCUT2D eigenvalue weighted by Gasteiger charge is -2.28. The second kappa shape index (κ2) is 6.29. The highest BCUT2D eigenvalue weighted by Crippen LogP contribution is 2.01. The molecule has 0 saturated carbocycles. The lowest BCUT2D eigenvalue weighted by atomic mass is 10.2. The summed E-state index contributed by atoms with van der Waals surface area (Å²) >= 11 is 4.88. The molecule has 13 heavy (non-hydrogen) atoms. The van der Waals surface area contributed by atoms with Gasteiger partial charge in [0.15, 0.2) is 0 Å². The van der Waals surface area contributed by atoms with Gasteiger partial charge in [-0.2, -0.15) is 0 Å². The van der Waals surface area contributed by atoms with Crippen LogP contribution in [-0.2, 0) is 4.74 Å². The van der Waals surface area contributed by atoms with Crippen LogP contribution in [0.3, 0.4) is 0 Å². The summed E-state index contributed by atoms with van der Waals surface area (Å²) in [4.78, 5) is 2.74. The van der Waals surface area contributed by atoms with Gasteiger partial charge in [0, 0.05) is 26.2 Å². The Bertz CT molecular complexity index is 162. The third-order valence-corrected chi connectivity index (χ3v) is 2.11. The van der Waals surface area contributed by atoms with Crippen molar-refractivity contribution in [3.63, 3.8) is 0 Å². The first-order valence-corrected chi connectivity index (χ1v) is 4.93. The summed E-state index contributed by atoms with van der Waals surface area (Å²) in [6, 6.07) is 0.444. The highest BCUT2D eigenvalue weighted by atomic mass is 32.1. The predicted molar refractivity (Wildman–Crippen MR) is 60.0 cm³/mol. The van der Waals surface area contributed by atoms with E-state index in [9.17, 15) is 0 Å². The smallest absolute Gasteiger partial charge is 0.0870 e. The summed E-state index contributed by atoms with van der Waals surface area (Å²) in [7, 11) is 1.71. The molecule has 4 heteroatoms. The number of hydrogen-bond acceptors (Lipinski definition) is 3. The van der Waals surface area contributed by atoms with Crippen molar-refractivity contribution in [1.29, 1.82) is 0 Å². The maximum absolute atomic E-state index is 5.50. The van der Waals surface area contributed by atoms with Gasteiger partial charge in [0.2, 0.25) is 0 Å². The molecule has 1 atom stereocenters. The van der Waals surface area contributed by atoms with Crippen molar-refractivity contribution < 1.29 is 4.74 Å². The second-order valence-electron chi connectivity index (χ2n) is 3.54. The van der Waals surface area contributed by atoms with Crippen LogP contribution in [0.25, 0.3) is 0 Å². The van der Waals surface area contributed by atoms with Crippen LogP contribution in [0.2, 0.25) is 0 Å². The third-order valence-electron chi connectivity index (χ3n) is 1.98. The lowest BCUT2D eigenvalue weighted by Crippen LogP contribution is -2.42. The topological polar surface area (TPSA) is 38.5 Å². The molecule has 3 nitrogen and oxygen atoms in total. The Balaban J connectivity index is 4.02. The van der Waals surface area contributed by atoms with Gasteiger partial charge < -0.3 is 10.5 Å². The Labute approximate surface area is 86.2 Å². The minimum Gasteiger partial charge on any atom is -0.392 e. The summed E-state index contributed by atoms with van der Waals surface area (Å²) < 4.78 is 5.19. The van der Waals surface area contributed by atoms with E-state index in [4.69, 9.17) is 22.7 Å². The van der Waals surface area contributed by atoms with Crippen molar-refractivity contribution in [2.75, 3.05) is 20.2 Å². The van der Waals surface area contributed by atoms with E-state index in [-0.39, 0.29) is 6.10 Å². The minimum atomic E-state index is 0.219. The molecule has 0 aliphatic carbocycles. The van der Waals surface area contributed by atoms with Gasteiger partial charge in [-0.3, -0.25) is 4.90 Å².